The topological polar surface area (TPSA) is 94.8 Å². The van der Waals surface area contributed by atoms with Crippen molar-refractivity contribution in [1.29, 1.82) is 0 Å². The first-order valence-corrected chi connectivity index (χ1v) is 9.32. The monoisotopic (exact) mass is 399 g/mol. The summed E-state index contributed by atoms with van der Waals surface area (Å²) in [5, 5.41) is 7.43. The lowest BCUT2D eigenvalue weighted by molar-refractivity contribution is 0.414. The lowest BCUT2D eigenvalue weighted by Gasteiger charge is -2.09. The number of H-pyrrole nitrogens is 1. The van der Waals surface area contributed by atoms with Crippen molar-refractivity contribution in [2.75, 3.05) is 7.11 Å². The summed E-state index contributed by atoms with van der Waals surface area (Å²) in [6.45, 7) is 0.407. The molecule has 0 atom stereocenters. The zero-order valence-electron chi connectivity index (χ0n) is 16.1. The summed E-state index contributed by atoms with van der Waals surface area (Å²) >= 11 is 0. The number of hydrogen-bond acceptors (Lipinski definition) is 5. The Balaban J connectivity index is 1.64. The molecule has 0 amide bonds. The summed E-state index contributed by atoms with van der Waals surface area (Å²) in [5.41, 5.74) is 1.59. The van der Waals surface area contributed by atoms with Gasteiger partial charge in [-0.05, 0) is 35.9 Å². The number of benzene rings is 1. The minimum absolute atomic E-state index is 0.200. The normalized spacial score (nSPS) is 11.2. The zero-order chi connectivity index (χ0) is 20.7. The van der Waals surface area contributed by atoms with Crippen LogP contribution in [0.15, 0.2) is 76.7 Å². The number of nitrogens with one attached hydrogen (secondary N) is 1. The molecule has 4 aromatic heterocycles. The third-order valence-electron chi connectivity index (χ3n) is 5.07. The Morgan fingerprint density at radius 2 is 1.67 bits per heavy atom. The van der Waals surface area contributed by atoms with Crippen LogP contribution in [-0.2, 0) is 6.54 Å². The van der Waals surface area contributed by atoms with Crippen molar-refractivity contribution in [3.8, 4) is 11.6 Å². The quantitative estimate of drug-likeness (QED) is 0.469. The maximum absolute atomic E-state index is 13.1. The molecule has 0 fully saturated rings. The van der Waals surface area contributed by atoms with E-state index in [9.17, 15) is 9.59 Å². The smallest absolute Gasteiger partial charge is 0.265 e. The van der Waals surface area contributed by atoms with Gasteiger partial charge in [0, 0.05) is 18.5 Å². The molecule has 0 unspecified atom stereocenters. The predicted molar refractivity (Wildman–Crippen MR) is 113 cm³/mol. The molecule has 148 valence electrons. The minimum atomic E-state index is -0.267. The van der Waals surface area contributed by atoms with Crippen LogP contribution in [0.3, 0.4) is 0 Å². The van der Waals surface area contributed by atoms with Crippen LogP contribution in [0.5, 0.6) is 5.75 Å². The molecule has 4 heterocycles. The van der Waals surface area contributed by atoms with Crippen LogP contribution >= 0.6 is 0 Å². The van der Waals surface area contributed by atoms with Crippen molar-refractivity contribution in [3.05, 3.63) is 93.4 Å². The molecule has 30 heavy (non-hydrogen) atoms. The van der Waals surface area contributed by atoms with Crippen molar-refractivity contribution < 1.29 is 4.74 Å². The van der Waals surface area contributed by atoms with E-state index in [0.717, 1.165) is 11.3 Å². The molecule has 0 saturated carbocycles. The van der Waals surface area contributed by atoms with E-state index in [-0.39, 0.29) is 11.1 Å². The number of aromatic nitrogens is 5. The van der Waals surface area contributed by atoms with E-state index in [1.807, 2.05) is 24.3 Å². The maximum atomic E-state index is 13.1. The third-order valence-corrected chi connectivity index (χ3v) is 5.07. The predicted octanol–water partition coefficient (Wildman–Crippen LogP) is 2.48. The second-order valence-electron chi connectivity index (χ2n) is 6.88. The lowest BCUT2D eigenvalue weighted by Crippen LogP contribution is -2.22. The van der Waals surface area contributed by atoms with Crippen molar-refractivity contribution in [2.45, 2.75) is 6.54 Å². The Labute approximate surface area is 170 Å². The van der Waals surface area contributed by atoms with Gasteiger partial charge in [-0.2, -0.15) is 5.10 Å². The van der Waals surface area contributed by atoms with E-state index in [2.05, 4.69) is 15.2 Å². The summed E-state index contributed by atoms with van der Waals surface area (Å²) in [5.74, 6) is 1.31. The number of fused-ring (bicyclic) bond motifs is 2. The number of rotatable bonds is 4. The number of nitrogens with zero attached hydrogens (tertiary/aromatic N) is 4. The molecule has 8 nitrogen and oxygen atoms in total. The van der Waals surface area contributed by atoms with E-state index < -0.39 is 0 Å². The number of hydrogen-bond donors (Lipinski definition) is 1. The molecule has 0 saturated heterocycles. The highest BCUT2D eigenvalue weighted by Gasteiger charge is 2.11. The van der Waals surface area contributed by atoms with E-state index in [0.29, 0.717) is 34.2 Å². The standard InChI is InChI=1S/C22H17N5O3/c1-30-15-4-2-14(3-5-15)13-26-10-7-18-16(21(26)28)12-17-19(24-18)8-11-27(22(17)29)20-6-9-23-25-20/h2-12H,13H2,1H3,(H,23,25). The highest BCUT2D eigenvalue weighted by molar-refractivity contribution is 5.91. The minimum Gasteiger partial charge on any atom is -0.497 e. The van der Waals surface area contributed by atoms with Gasteiger partial charge in [-0.3, -0.25) is 19.3 Å². The van der Waals surface area contributed by atoms with Crippen molar-refractivity contribution in [3.63, 3.8) is 0 Å². The molecule has 1 aromatic carbocycles. The summed E-state index contributed by atoms with van der Waals surface area (Å²) in [6, 6.07) is 14.4. The maximum Gasteiger partial charge on any atom is 0.265 e. The van der Waals surface area contributed by atoms with Crippen molar-refractivity contribution in [1.82, 2.24) is 24.3 Å². The molecule has 0 spiro atoms. The number of ether oxygens (including phenoxy) is 1. The summed E-state index contributed by atoms with van der Waals surface area (Å²) in [7, 11) is 1.61. The van der Waals surface area contributed by atoms with Crippen LogP contribution in [0, 0.1) is 0 Å². The third kappa shape index (κ3) is 2.95. The first-order chi connectivity index (χ1) is 14.6. The molecule has 5 aromatic rings. The molecule has 0 aliphatic rings. The van der Waals surface area contributed by atoms with Gasteiger partial charge in [0.25, 0.3) is 11.1 Å². The van der Waals surface area contributed by atoms with Crippen LogP contribution in [0.25, 0.3) is 27.6 Å². The van der Waals surface area contributed by atoms with Gasteiger partial charge in [0.2, 0.25) is 0 Å². The van der Waals surface area contributed by atoms with Gasteiger partial charge >= 0.3 is 0 Å². The highest BCUT2D eigenvalue weighted by Crippen LogP contribution is 2.16. The van der Waals surface area contributed by atoms with Crippen molar-refractivity contribution in [2.24, 2.45) is 0 Å². The summed E-state index contributed by atoms with van der Waals surface area (Å²) in [6.07, 6.45) is 4.93. The van der Waals surface area contributed by atoms with Gasteiger partial charge in [0.15, 0.2) is 0 Å². The molecule has 1 N–H and O–H groups in total. The van der Waals surface area contributed by atoms with Crippen molar-refractivity contribution >= 4 is 21.8 Å². The molecule has 0 bridgehead atoms. The van der Waals surface area contributed by atoms with E-state index in [1.165, 1.54) is 4.57 Å². The fourth-order valence-electron chi connectivity index (χ4n) is 3.49. The number of pyridine rings is 3. The van der Waals surface area contributed by atoms with Crippen LogP contribution < -0.4 is 15.9 Å². The summed E-state index contributed by atoms with van der Waals surface area (Å²) < 4.78 is 8.23. The second-order valence-corrected chi connectivity index (χ2v) is 6.88. The fourth-order valence-corrected chi connectivity index (χ4v) is 3.49. The van der Waals surface area contributed by atoms with E-state index in [4.69, 9.17) is 4.74 Å². The van der Waals surface area contributed by atoms with Crippen LogP contribution in [0.2, 0.25) is 0 Å². The van der Waals surface area contributed by atoms with Gasteiger partial charge in [-0.1, -0.05) is 12.1 Å². The second kappa shape index (κ2) is 7.00. The zero-order valence-corrected chi connectivity index (χ0v) is 16.1. The van der Waals surface area contributed by atoms with Crippen LogP contribution in [0.4, 0.5) is 0 Å². The van der Waals surface area contributed by atoms with Gasteiger partial charge in [-0.15, -0.1) is 0 Å². The molecule has 0 aliphatic heterocycles. The largest absolute Gasteiger partial charge is 0.497 e. The van der Waals surface area contributed by atoms with E-state index in [1.54, 1.807) is 54.5 Å². The average molecular weight is 399 g/mol. The Morgan fingerprint density at radius 3 is 2.37 bits per heavy atom. The molecule has 5 rings (SSSR count). The Morgan fingerprint density at radius 1 is 0.933 bits per heavy atom. The first kappa shape index (κ1) is 17.9. The first-order valence-electron chi connectivity index (χ1n) is 9.32. The van der Waals surface area contributed by atoms with Gasteiger partial charge in [0.05, 0.1) is 41.7 Å². The lowest BCUT2D eigenvalue weighted by atomic mass is 10.1. The molecular formula is C22H17N5O3. The van der Waals surface area contributed by atoms with E-state index >= 15 is 0 Å². The Bertz CT molecular complexity index is 1480. The SMILES string of the molecule is COc1ccc(Cn2ccc3nc4ccn(-c5ccn[nH]5)c(=O)c4cc3c2=O)cc1. The number of methoxy groups -OCH3 is 1. The van der Waals surface area contributed by atoms with Crippen LogP contribution in [-0.4, -0.2) is 31.4 Å². The molecule has 0 aliphatic carbocycles. The molecular weight excluding hydrogens is 382 g/mol. The molecule has 0 radical (unpaired) electrons. The van der Waals surface area contributed by atoms with Gasteiger partial charge in [-0.25, -0.2) is 4.98 Å². The molecule has 8 heteroatoms. The number of aromatic amines is 1. The van der Waals surface area contributed by atoms with Gasteiger partial charge < -0.3 is 9.30 Å². The average Bonchev–Trinajstić information content (AvgIpc) is 3.30. The Kier molecular flexibility index (Phi) is 4.17. The van der Waals surface area contributed by atoms with Crippen LogP contribution in [0.1, 0.15) is 5.56 Å². The van der Waals surface area contributed by atoms with Gasteiger partial charge in [0.1, 0.15) is 11.6 Å². The summed E-state index contributed by atoms with van der Waals surface area (Å²) in [4.78, 5) is 30.6. The Hall–Kier alpha value is -4.20. The highest BCUT2D eigenvalue weighted by atomic mass is 16.5. The fraction of sp³-hybridized carbons (Fsp3) is 0.0909.